The summed E-state index contributed by atoms with van der Waals surface area (Å²) >= 11 is 3.15. The number of aromatic carboxylic acids is 1. The van der Waals surface area contributed by atoms with Gasteiger partial charge in [0.15, 0.2) is 0 Å². The molecule has 1 amide bonds. The predicted molar refractivity (Wildman–Crippen MR) is 405 cm³/mol. The van der Waals surface area contributed by atoms with Crippen molar-refractivity contribution < 1.29 is 83.0 Å². The van der Waals surface area contributed by atoms with Gasteiger partial charge >= 0.3 is 47.5 Å². The number of amides is 1. The Morgan fingerprint density at radius 2 is 0.848 bits per heavy atom. The molecule has 0 aliphatic carbocycles. The van der Waals surface area contributed by atoms with Crippen molar-refractivity contribution >= 4 is 52.2 Å². The van der Waals surface area contributed by atoms with E-state index in [9.17, 15) is 24.0 Å². The minimum absolute atomic E-state index is 0. The summed E-state index contributed by atoms with van der Waals surface area (Å²) in [4.78, 5) is 60.5. The second-order valence-corrected chi connectivity index (χ2v) is 25.0. The summed E-state index contributed by atoms with van der Waals surface area (Å²) in [5.41, 5.74) is 19.8. The average Bonchev–Trinajstić information content (AvgIpc) is 1.78. The molecule has 548 valence electrons. The molecule has 2 aliphatic heterocycles. The van der Waals surface area contributed by atoms with Crippen molar-refractivity contribution in [2.75, 3.05) is 65.5 Å². The molecule has 12 rings (SSSR count). The van der Waals surface area contributed by atoms with Crippen LogP contribution in [0.1, 0.15) is 148 Å². The van der Waals surface area contributed by atoms with Gasteiger partial charge in [-0.25, -0.2) is 14.4 Å². The number of aromatic nitrogens is 8. The predicted octanol–water partition coefficient (Wildman–Crippen LogP) is 11.5. The van der Waals surface area contributed by atoms with Crippen molar-refractivity contribution in [2.24, 2.45) is 0 Å². The van der Waals surface area contributed by atoms with Gasteiger partial charge in [-0.3, -0.25) is 35.1 Å². The number of ether oxygens (including phenoxy) is 5. The summed E-state index contributed by atoms with van der Waals surface area (Å²) in [7, 11) is 2.71. The van der Waals surface area contributed by atoms with Gasteiger partial charge in [0.2, 0.25) is 17.6 Å². The molecule has 6 aromatic carbocycles. The second-order valence-electron chi connectivity index (χ2n) is 23.9. The van der Waals surface area contributed by atoms with Gasteiger partial charge in [0.1, 0.15) is 0 Å². The third-order valence-electron chi connectivity index (χ3n) is 17.1. The number of nitrogens with one attached hydrogen (secondary N) is 6. The van der Waals surface area contributed by atoms with Gasteiger partial charge in [-0.2, -0.15) is 10.5 Å². The number of aromatic amines is 5. The summed E-state index contributed by atoms with van der Waals surface area (Å²) < 4.78 is 25.8. The Labute approximate surface area is 648 Å². The van der Waals surface area contributed by atoms with Crippen molar-refractivity contribution in [3.8, 4) is 74.8 Å². The first-order valence-electron chi connectivity index (χ1n) is 33.2. The topological polar surface area (TPSA) is 362 Å². The van der Waals surface area contributed by atoms with Crippen LogP contribution in [0.2, 0.25) is 0 Å². The molecule has 4 aromatic heterocycles. The second kappa shape index (κ2) is 42.0. The van der Waals surface area contributed by atoms with Crippen molar-refractivity contribution in [3.05, 3.63) is 221 Å². The number of rotatable bonds is 16. The summed E-state index contributed by atoms with van der Waals surface area (Å²) in [6.45, 7) is 28.3. The zero-order valence-electron chi connectivity index (χ0n) is 61.8. The van der Waals surface area contributed by atoms with Crippen LogP contribution in [0.25, 0.3) is 45.0 Å². The quantitative estimate of drug-likeness (QED) is 0.0268. The SMILES string of the molecule is CCBr.CCOc1n[nH]c(-c2cc(C(=O)N3CC(c4ccc(C#N)cc4)C3)ccc2C)c1C.CCOc1n[nH]c(-c2cc(C(=O)O)ccc2C)c1C.CCOc1n[nH]c(-c2cc(C(=O)OC)ccc2C)c1C.COC(=O)c1ccc(C)c(-c2[nH][nH]c(=O)c2C)c1.Cl.N#Cc1ccc(C2CNC2)cc1.[Na+].[OH-]. The molecule has 6 heterocycles. The van der Waals surface area contributed by atoms with E-state index in [-0.39, 0.29) is 70.4 Å². The fraction of sp³-hybridized carbons (Fsp3) is 0.308. The molecule has 2 fully saturated rings. The maximum absolute atomic E-state index is 13.0. The third kappa shape index (κ3) is 22.2. The van der Waals surface area contributed by atoms with E-state index in [0.29, 0.717) is 95.9 Å². The number of aryl methyl sites for hydroxylation is 4. The molecule has 105 heavy (non-hydrogen) atoms. The summed E-state index contributed by atoms with van der Waals surface area (Å²) in [5, 5.41) is 57.7. The van der Waals surface area contributed by atoms with Crippen molar-refractivity contribution in [1.29, 1.82) is 10.5 Å². The van der Waals surface area contributed by atoms with Crippen LogP contribution in [-0.2, 0) is 9.47 Å². The number of hydrogen-bond acceptors (Lipinski definition) is 17. The fourth-order valence-electron chi connectivity index (χ4n) is 11.0. The molecule has 0 bridgehead atoms. The van der Waals surface area contributed by atoms with Gasteiger partial charge in [-0.05, 0) is 182 Å². The number of carbonyl (C=O) groups is 4. The number of likely N-dealkylation sites (tertiary alicyclic amines) is 1. The normalized spacial score (nSPS) is 11.6. The molecular formula is C78H89BrClN12NaO12. The van der Waals surface area contributed by atoms with E-state index < -0.39 is 11.9 Å². The molecule has 2 aliphatic rings. The Hall–Kier alpha value is -10.1. The smallest absolute Gasteiger partial charge is 0.870 e. The summed E-state index contributed by atoms with van der Waals surface area (Å²) in [5.74, 6) is 1.06. The molecule has 10 aromatic rings. The number of carboxylic acids is 1. The van der Waals surface area contributed by atoms with E-state index in [4.69, 9.17) is 34.6 Å². The number of esters is 2. The molecule has 0 unspecified atom stereocenters. The molecule has 2 saturated heterocycles. The standard InChI is InChI=1S/C24H24N4O2.C15H18N2O3.C14H16N2O3.C13H14N2O3.C10H10N2.C2H5Br.ClH.Na.H2O/c1-4-30-23-16(3)22(26-27-23)21-11-19(8-5-15(21)2)24(29)28-13-20(14-28)18-9-6-17(12-25)7-10-18;1-5-20-14-10(3)13(16-17-14)12-8-11(15(18)19-4)7-6-9(12)2;1-4-19-13-9(3)12(15-16-13)11-7-10(14(17)18)6-5-8(11)2;1-7-4-5-9(13(17)18-3)6-10(7)11-8(2)12(16)15-14-11;11-5-8-1-3-9(4-2-8)10-6-12-7-10;1-2-3;;;/h5-11,20H,4,13-14H2,1-3H3,(H,26,27);6-8H,5H2,1-4H3,(H,16,17);5-7H,4H2,1-3H3,(H,15,16)(H,17,18);4-6H,1-3H3,(H2,14,15,16);1-4,10,12H,6-7H2;2H2,1H3;1H;;1H2/q;;;;;;;+1;/p-1. The van der Waals surface area contributed by atoms with E-state index in [2.05, 4.69) is 78.9 Å². The zero-order chi connectivity index (χ0) is 74.3. The largest absolute Gasteiger partial charge is 1.00 e. The molecule has 24 nitrogen and oxygen atoms in total. The van der Waals surface area contributed by atoms with Crippen LogP contribution in [0.15, 0.2) is 126 Å². The van der Waals surface area contributed by atoms with Gasteiger partial charge in [-0.15, -0.1) is 27.7 Å². The van der Waals surface area contributed by atoms with Gasteiger partial charge in [0.25, 0.3) is 11.5 Å². The summed E-state index contributed by atoms with van der Waals surface area (Å²) in [6, 6.07) is 41.2. The van der Waals surface area contributed by atoms with E-state index in [1.54, 1.807) is 49.4 Å². The molecule has 27 heteroatoms. The van der Waals surface area contributed by atoms with Crippen LogP contribution < -0.4 is 54.6 Å². The van der Waals surface area contributed by atoms with Gasteiger partial charge in [-0.1, -0.05) is 71.4 Å². The van der Waals surface area contributed by atoms with Crippen LogP contribution in [0.4, 0.5) is 0 Å². The number of nitriles is 2. The first-order valence-corrected chi connectivity index (χ1v) is 34.3. The van der Waals surface area contributed by atoms with Crippen LogP contribution in [0.3, 0.4) is 0 Å². The van der Waals surface area contributed by atoms with Crippen LogP contribution in [0.5, 0.6) is 17.6 Å². The van der Waals surface area contributed by atoms with Gasteiger partial charge < -0.3 is 44.5 Å². The number of carboxylic acid groups (broad SMARTS) is 1. The number of H-pyrrole nitrogens is 5. The van der Waals surface area contributed by atoms with E-state index in [1.165, 1.54) is 25.3 Å². The Kier molecular flexibility index (Phi) is 34.9. The van der Waals surface area contributed by atoms with Crippen LogP contribution in [-0.4, -0.2) is 146 Å². The molecule has 0 spiro atoms. The number of hydrogen-bond donors (Lipinski definition) is 7. The average molecular weight is 1520 g/mol. The zero-order valence-corrected chi connectivity index (χ0v) is 66.2. The Morgan fingerprint density at radius 1 is 0.514 bits per heavy atom. The molecule has 0 saturated carbocycles. The van der Waals surface area contributed by atoms with Crippen molar-refractivity contribution in [3.63, 3.8) is 0 Å². The number of halogens is 2. The maximum Gasteiger partial charge on any atom is 1.00 e. The molecule has 0 radical (unpaired) electrons. The van der Waals surface area contributed by atoms with Crippen molar-refractivity contribution in [2.45, 2.75) is 94.9 Å². The number of nitrogens with zero attached hydrogens (tertiary/aromatic N) is 6. The van der Waals surface area contributed by atoms with Crippen molar-refractivity contribution in [1.82, 2.24) is 51.0 Å². The van der Waals surface area contributed by atoms with Crippen LogP contribution >= 0.6 is 28.3 Å². The number of methoxy groups -OCH3 is 2. The number of alkyl halides is 1. The monoisotopic (exact) mass is 1520 g/mol. The number of benzene rings is 6. The third-order valence-corrected chi connectivity index (χ3v) is 17.1. The van der Waals surface area contributed by atoms with E-state index >= 15 is 0 Å². The first-order chi connectivity index (χ1) is 49.0. The Morgan fingerprint density at radius 3 is 1.16 bits per heavy atom. The Bertz CT molecular complexity index is 4700. The first kappa shape index (κ1) is 87.3. The van der Waals surface area contributed by atoms with E-state index in [1.807, 2.05) is 160 Å². The number of carbonyl (C=O) groups excluding carboxylic acids is 3. The van der Waals surface area contributed by atoms with Crippen LogP contribution in [0, 0.1) is 78.1 Å². The fourth-order valence-corrected chi connectivity index (χ4v) is 11.0. The van der Waals surface area contributed by atoms with Gasteiger partial charge in [0.05, 0.1) is 96.8 Å². The summed E-state index contributed by atoms with van der Waals surface area (Å²) in [6.07, 6.45) is 0. The molecular weight excluding hydrogens is 1440 g/mol. The maximum atomic E-state index is 13.0. The Balaban J connectivity index is 0.000000280. The molecule has 8 N–H and O–H groups in total. The molecule has 0 atom stereocenters. The van der Waals surface area contributed by atoms with E-state index in [0.717, 1.165) is 102 Å². The minimum atomic E-state index is -0.941. The minimum Gasteiger partial charge on any atom is -0.870 e. The van der Waals surface area contributed by atoms with Gasteiger partial charge in [0, 0.05) is 93.4 Å².